The smallest absolute Gasteiger partial charge is 0.185 e. The van der Waals surface area contributed by atoms with Gasteiger partial charge in [-0.3, -0.25) is 14.2 Å². The van der Waals surface area contributed by atoms with Crippen LogP contribution in [0.3, 0.4) is 0 Å². The minimum Gasteiger partial charge on any atom is -0.485 e. The number of imidazole rings is 1. The Morgan fingerprint density at radius 1 is 1.09 bits per heavy atom. The Hall–Kier alpha value is -3.84. The highest BCUT2D eigenvalue weighted by Crippen LogP contribution is 2.26. The van der Waals surface area contributed by atoms with Gasteiger partial charge in [-0.1, -0.05) is 17.7 Å². The van der Waals surface area contributed by atoms with Gasteiger partial charge in [-0.2, -0.15) is 0 Å². The Labute approximate surface area is 198 Å². The zero-order valence-electron chi connectivity index (χ0n) is 18.1. The molecule has 8 heteroatoms. The SMILES string of the molecule is Cc1nc2c(OCc3c(F)cccc3F)cccn2c1C(=O)Cc1ccnc2ccc(Cl)cc12. The lowest BCUT2D eigenvalue weighted by molar-refractivity contribution is 0.0987. The molecule has 0 fully saturated rings. The van der Waals surface area contributed by atoms with E-state index >= 15 is 0 Å². The minimum absolute atomic E-state index is 0.125. The first kappa shape index (κ1) is 22.0. The van der Waals surface area contributed by atoms with Crippen molar-refractivity contribution in [3.8, 4) is 5.75 Å². The van der Waals surface area contributed by atoms with Gasteiger partial charge in [0.15, 0.2) is 17.2 Å². The van der Waals surface area contributed by atoms with Gasteiger partial charge in [-0.15, -0.1) is 0 Å². The lowest BCUT2D eigenvalue weighted by Crippen LogP contribution is -2.09. The number of ketones is 1. The standard InChI is InChI=1S/C26H18ClF2N3O2/c1-15-25(23(33)12-16-9-10-30-22-8-7-17(27)13-18(16)22)32-11-3-6-24(26(32)31-15)34-14-19-20(28)4-2-5-21(19)29/h2-11,13H,12,14H2,1H3. The maximum absolute atomic E-state index is 14.0. The fraction of sp³-hybridized carbons (Fsp3) is 0.115. The second-order valence-electron chi connectivity index (χ2n) is 7.83. The molecule has 3 aromatic heterocycles. The van der Waals surface area contributed by atoms with E-state index in [9.17, 15) is 13.6 Å². The Morgan fingerprint density at radius 3 is 2.68 bits per heavy atom. The maximum atomic E-state index is 14.0. The Kier molecular flexibility index (Phi) is 5.71. The van der Waals surface area contributed by atoms with Crippen molar-refractivity contribution in [2.75, 3.05) is 0 Å². The van der Waals surface area contributed by atoms with E-state index in [1.54, 1.807) is 54.0 Å². The van der Waals surface area contributed by atoms with Gasteiger partial charge in [0.2, 0.25) is 0 Å². The number of hydrogen-bond donors (Lipinski definition) is 0. The number of carbonyl (C=O) groups is 1. The summed E-state index contributed by atoms with van der Waals surface area (Å²) in [6, 6.07) is 14.1. The van der Waals surface area contributed by atoms with Crippen LogP contribution in [0, 0.1) is 18.6 Å². The Balaban J connectivity index is 1.48. The molecule has 0 saturated carbocycles. The quantitative estimate of drug-likeness (QED) is 0.276. The van der Waals surface area contributed by atoms with Crippen LogP contribution >= 0.6 is 11.6 Å². The predicted octanol–water partition coefficient (Wildman–Crippen LogP) is 6.13. The molecule has 0 unspecified atom stereocenters. The van der Waals surface area contributed by atoms with Crippen molar-refractivity contribution >= 4 is 33.9 Å². The van der Waals surface area contributed by atoms with Gasteiger partial charge in [0.05, 0.1) is 16.8 Å². The summed E-state index contributed by atoms with van der Waals surface area (Å²) in [6.45, 7) is 1.43. The molecule has 0 N–H and O–H groups in total. The first-order chi connectivity index (χ1) is 16.4. The highest BCUT2D eigenvalue weighted by atomic mass is 35.5. The molecule has 0 saturated heterocycles. The van der Waals surface area contributed by atoms with Crippen molar-refractivity contribution in [3.63, 3.8) is 0 Å². The number of hydrogen-bond acceptors (Lipinski definition) is 4. The molecule has 0 aliphatic carbocycles. The number of benzene rings is 2. The van der Waals surface area contributed by atoms with Gasteiger partial charge in [-0.05, 0) is 61.0 Å². The van der Waals surface area contributed by atoms with Crippen LogP contribution in [-0.4, -0.2) is 20.2 Å². The number of pyridine rings is 2. The summed E-state index contributed by atoms with van der Waals surface area (Å²) in [4.78, 5) is 22.2. The average molecular weight is 478 g/mol. The van der Waals surface area contributed by atoms with Crippen molar-refractivity contribution in [3.05, 3.63) is 106 Å². The normalized spacial score (nSPS) is 11.3. The fourth-order valence-corrected chi connectivity index (χ4v) is 4.18. The topological polar surface area (TPSA) is 56.5 Å². The molecule has 0 radical (unpaired) electrons. The predicted molar refractivity (Wildman–Crippen MR) is 125 cm³/mol. The Morgan fingerprint density at radius 2 is 1.88 bits per heavy atom. The molecule has 5 rings (SSSR count). The summed E-state index contributed by atoms with van der Waals surface area (Å²) in [6.07, 6.45) is 3.49. The largest absolute Gasteiger partial charge is 0.485 e. The molecule has 0 bridgehead atoms. The first-order valence-electron chi connectivity index (χ1n) is 10.5. The molecule has 5 nitrogen and oxygen atoms in total. The number of ether oxygens (including phenoxy) is 1. The van der Waals surface area contributed by atoms with E-state index in [-0.39, 0.29) is 24.4 Å². The van der Waals surface area contributed by atoms with Gasteiger partial charge in [0, 0.05) is 29.2 Å². The van der Waals surface area contributed by atoms with Crippen molar-refractivity contribution in [1.29, 1.82) is 0 Å². The molecule has 0 atom stereocenters. The fourth-order valence-electron chi connectivity index (χ4n) is 4.01. The molecule has 2 aromatic carbocycles. The molecule has 5 aromatic rings. The van der Waals surface area contributed by atoms with E-state index in [2.05, 4.69) is 9.97 Å². The zero-order chi connectivity index (χ0) is 23.8. The molecular formula is C26H18ClF2N3O2. The number of halogens is 3. The highest BCUT2D eigenvalue weighted by molar-refractivity contribution is 6.31. The summed E-state index contributed by atoms with van der Waals surface area (Å²) in [5, 5.41) is 1.37. The molecule has 34 heavy (non-hydrogen) atoms. The Bertz CT molecular complexity index is 1550. The molecule has 3 heterocycles. The highest BCUT2D eigenvalue weighted by Gasteiger charge is 2.20. The molecule has 0 spiro atoms. The lowest BCUT2D eigenvalue weighted by atomic mass is 10.0. The zero-order valence-corrected chi connectivity index (χ0v) is 18.8. The van der Waals surface area contributed by atoms with Crippen LogP contribution in [0.2, 0.25) is 5.02 Å². The summed E-state index contributed by atoms with van der Waals surface area (Å²) < 4.78 is 35.3. The van der Waals surface area contributed by atoms with Crippen LogP contribution in [0.5, 0.6) is 5.75 Å². The summed E-state index contributed by atoms with van der Waals surface area (Å²) >= 11 is 6.15. The van der Waals surface area contributed by atoms with Gasteiger partial charge in [0.1, 0.15) is 23.9 Å². The van der Waals surface area contributed by atoms with E-state index in [0.29, 0.717) is 27.8 Å². The summed E-state index contributed by atoms with van der Waals surface area (Å²) in [7, 11) is 0. The third-order valence-electron chi connectivity index (χ3n) is 5.63. The summed E-state index contributed by atoms with van der Waals surface area (Å²) in [5.74, 6) is -1.21. The van der Waals surface area contributed by atoms with Crippen molar-refractivity contribution in [2.45, 2.75) is 20.0 Å². The first-order valence-corrected chi connectivity index (χ1v) is 10.9. The van der Waals surface area contributed by atoms with Crippen LogP contribution in [0.25, 0.3) is 16.6 Å². The number of nitrogens with zero attached hydrogens (tertiary/aromatic N) is 3. The van der Waals surface area contributed by atoms with Crippen LogP contribution < -0.4 is 4.74 Å². The number of aryl methyl sites for hydroxylation is 1. The molecule has 170 valence electrons. The molecule has 0 aliphatic heterocycles. The second kappa shape index (κ2) is 8.83. The number of aromatic nitrogens is 3. The van der Waals surface area contributed by atoms with E-state index < -0.39 is 11.6 Å². The molecular weight excluding hydrogens is 460 g/mol. The van der Waals surface area contributed by atoms with Gasteiger partial charge in [0.25, 0.3) is 0 Å². The van der Waals surface area contributed by atoms with E-state index in [1.807, 2.05) is 6.07 Å². The van der Waals surface area contributed by atoms with Gasteiger partial charge in [-0.25, -0.2) is 13.8 Å². The average Bonchev–Trinajstić information content (AvgIpc) is 3.15. The van der Waals surface area contributed by atoms with Crippen LogP contribution in [0.1, 0.15) is 27.3 Å². The monoisotopic (exact) mass is 477 g/mol. The number of fused-ring (bicyclic) bond motifs is 2. The molecule has 0 aliphatic rings. The van der Waals surface area contributed by atoms with E-state index in [1.165, 1.54) is 18.2 Å². The lowest BCUT2D eigenvalue weighted by Gasteiger charge is -2.10. The van der Waals surface area contributed by atoms with Crippen LogP contribution in [-0.2, 0) is 13.0 Å². The van der Waals surface area contributed by atoms with Crippen LogP contribution in [0.15, 0.2) is 67.0 Å². The number of rotatable bonds is 6. The van der Waals surface area contributed by atoms with Crippen LogP contribution in [0.4, 0.5) is 8.78 Å². The number of Topliss-reactive ketones (excluding diaryl/α,β-unsaturated/α-hetero) is 1. The van der Waals surface area contributed by atoms with Gasteiger partial charge < -0.3 is 4.74 Å². The van der Waals surface area contributed by atoms with Crippen molar-refractivity contribution in [1.82, 2.24) is 14.4 Å². The second-order valence-corrected chi connectivity index (χ2v) is 8.27. The van der Waals surface area contributed by atoms with Crippen molar-refractivity contribution < 1.29 is 18.3 Å². The number of carbonyl (C=O) groups excluding carboxylic acids is 1. The summed E-state index contributed by atoms with van der Waals surface area (Å²) in [5.41, 5.74) is 2.70. The third kappa shape index (κ3) is 3.99. The van der Waals surface area contributed by atoms with E-state index in [0.717, 1.165) is 16.5 Å². The van der Waals surface area contributed by atoms with Gasteiger partial charge >= 0.3 is 0 Å². The van der Waals surface area contributed by atoms with Crippen molar-refractivity contribution in [2.24, 2.45) is 0 Å². The van der Waals surface area contributed by atoms with E-state index in [4.69, 9.17) is 16.3 Å². The maximum Gasteiger partial charge on any atom is 0.185 e. The minimum atomic E-state index is -0.688. The molecule has 0 amide bonds. The third-order valence-corrected chi connectivity index (χ3v) is 5.87.